The van der Waals surface area contributed by atoms with Gasteiger partial charge in [0, 0.05) is 20.1 Å². The van der Waals surface area contributed by atoms with Crippen molar-refractivity contribution < 1.29 is 14.7 Å². The van der Waals surface area contributed by atoms with Crippen LogP contribution in [0, 0.1) is 5.92 Å². The largest absolute Gasteiger partial charge is 0.481 e. The highest BCUT2D eigenvalue weighted by Gasteiger charge is 2.29. The lowest BCUT2D eigenvalue weighted by Crippen LogP contribution is -2.34. The van der Waals surface area contributed by atoms with Gasteiger partial charge in [-0.1, -0.05) is 6.92 Å². The number of carboxylic acid groups (broad SMARTS) is 1. The van der Waals surface area contributed by atoms with Gasteiger partial charge in [-0.05, 0) is 13.0 Å². The topological polar surface area (TPSA) is 60.9 Å². The van der Waals surface area contributed by atoms with Gasteiger partial charge < -0.3 is 10.0 Å². The van der Waals surface area contributed by atoms with Gasteiger partial charge in [-0.15, -0.1) is 0 Å². The van der Waals surface area contributed by atoms with Crippen molar-refractivity contribution in [3.63, 3.8) is 0 Å². The Balaban J connectivity index is 2.70. The second-order valence-electron chi connectivity index (χ2n) is 4.04. The molecule has 0 saturated carbocycles. The number of carboxylic acids is 1. The number of hydrogen-bond donors (Lipinski definition) is 1. The SMILES string of the molecule is CCCN1CC(=O)N(C)CC(C(=O)O)C1. The Morgan fingerprint density at radius 1 is 1.53 bits per heavy atom. The Morgan fingerprint density at radius 2 is 2.20 bits per heavy atom. The summed E-state index contributed by atoms with van der Waals surface area (Å²) in [5.74, 6) is -1.28. The van der Waals surface area contributed by atoms with Gasteiger partial charge in [-0.3, -0.25) is 14.5 Å². The number of carbonyl (C=O) groups is 2. The maximum atomic E-state index is 11.6. The monoisotopic (exact) mass is 214 g/mol. The van der Waals surface area contributed by atoms with E-state index in [-0.39, 0.29) is 5.91 Å². The molecule has 1 rings (SSSR count). The van der Waals surface area contributed by atoms with Crippen LogP contribution in [0.4, 0.5) is 0 Å². The second-order valence-corrected chi connectivity index (χ2v) is 4.04. The highest BCUT2D eigenvalue weighted by molar-refractivity contribution is 5.80. The molecule has 1 aliphatic rings. The standard InChI is InChI=1S/C10H18N2O3/c1-3-4-12-6-8(10(14)15)5-11(2)9(13)7-12/h8H,3-7H2,1-2H3,(H,14,15). The lowest BCUT2D eigenvalue weighted by Gasteiger charge is -2.19. The van der Waals surface area contributed by atoms with Crippen molar-refractivity contribution in [2.24, 2.45) is 5.92 Å². The van der Waals surface area contributed by atoms with Gasteiger partial charge in [0.2, 0.25) is 5.91 Å². The third kappa shape index (κ3) is 3.20. The first-order valence-corrected chi connectivity index (χ1v) is 5.23. The average molecular weight is 214 g/mol. The van der Waals surface area contributed by atoms with E-state index in [4.69, 9.17) is 5.11 Å². The van der Waals surface area contributed by atoms with Crippen LogP contribution in [0.2, 0.25) is 0 Å². The van der Waals surface area contributed by atoms with E-state index in [0.29, 0.717) is 19.6 Å². The van der Waals surface area contributed by atoms with Gasteiger partial charge in [0.25, 0.3) is 0 Å². The molecule has 0 aromatic rings. The maximum absolute atomic E-state index is 11.6. The zero-order valence-corrected chi connectivity index (χ0v) is 9.27. The van der Waals surface area contributed by atoms with E-state index in [1.54, 1.807) is 7.05 Å². The van der Waals surface area contributed by atoms with Crippen LogP contribution < -0.4 is 0 Å². The van der Waals surface area contributed by atoms with E-state index in [9.17, 15) is 9.59 Å². The number of likely N-dealkylation sites (N-methyl/N-ethyl adjacent to an activating group) is 1. The minimum atomic E-state index is -0.822. The third-order valence-corrected chi connectivity index (χ3v) is 2.65. The molecule has 1 N–H and O–H groups in total. The quantitative estimate of drug-likeness (QED) is 0.711. The summed E-state index contributed by atoms with van der Waals surface area (Å²) in [6.45, 7) is 3.93. The normalized spacial score (nSPS) is 24.0. The molecule has 0 aromatic heterocycles. The molecule has 15 heavy (non-hydrogen) atoms. The van der Waals surface area contributed by atoms with E-state index in [0.717, 1.165) is 13.0 Å². The molecule has 5 heteroatoms. The molecule has 0 aliphatic carbocycles. The fraction of sp³-hybridized carbons (Fsp3) is 0.800. The van der Waals surface area contributed by atoms with Gasteiger partial charge in [0.05, 0.1) is 12.5 Å². The van der Waals surface area contributed by atoms with Crippen molar-refractivity contribution in [1.29, 1.82) is 0 Å². The van der Waals surface area contributed by atoms with Crippen LogP contribution >= 0.6 is 0 Å². The van der Waals surface area contributed by atoms with Gasteiger partial charge in [0.1, 0.15) is 0 Å². The van der Waals surface area contributed by atoms with Crippen LogP contribution in [-0.4, -0.2) is 60.0 Å². The number of amides is 1. The van der Waals surface area contributed by atoms with Gasteiger partial charge >= 0.3 is 5.97 Å². The first kappa shape index (κ1) is 12.0. The summed E-state index contributed by atoms with van der Waals surface area (Å²) in [4.78, 5) is 25.9. The van der Waals surface area contributed by atoms with E-state index < -0.39 is 11.9 Å². The van der Waals surface area contributed by atoms with Crippen LogP contribution in [0.25, 0.3) is 0 Å². The lowest BCUT2D eigenvalue weighted by atomic mass is 10.1. The Bertz CT molecular complexity index is 255. The minimum Gasteiger partial charge on any atom is -0.481 e. The fourth-order valence-corrected chi connectivity index (χ4v) is 1.82. The van der Waals surface area contributed by atoms with Crippen LogP contribution in [0.1, 0.15) is 13.3 Å². The third-order valence-electron chi connectivity index (χ3n) is 2.65. The molecule has 1 amide bonds. The molecule has 0 bridgehead atoms. The molecular formula is C10H18N2O3. The van der Waals surface area contributed by atoms with Gasteiger partial charge in [-0.25, -0.2) is 0 Å². The summed E-state index contributed by atoms with van der Waals surface area (Å²) in [5.41, 5.74) is 0. The predicted octanol–water partition coefficient (Wildman–Crippen LogP) is -0.129. The molecule has 5 nitrogen and oxygen atoms in total. The lowest BCUT2D eigenvalue weighted by molar-refractivity contribution is -0.142. The second kappa shape index (κ2) is 5.11. The van der Waals surface area contributed by atoms with Crippen molar-refractivity contribution in [1.82, 2.24) is 9.80 Å². The molecule has 0 radical (unpaired) electrons. The fourth-order valence-electron chi connectivity index (χ4n) is 1.82. The molecule has 0 spiro atoms. The number of nitrogens with zero attached hydrogens (tertiary/aromatic N) is 2. The van der Waals surface area contributed by atoms with E-state index in [1.165, 1.54) is 4.90 Å². The van der Waals surface area contributed by atoms with Crippen LogP contribution in [0.15, 0.2) is 0 Å². The number of aliphatic carboxylic acids is 1. The highest BCUT2D eigenvalue weighted by Crippen LogP contribution is 2.09. The Labute approximate surface area is 89.7 Å². The molecule has 86 valence electrons. The number of hydrogen-bond acceptors (Lipinski definition) is 3. The summed E-state index contributed by atoms with van der Waals surface area (Å²) in [5, 5.41) is 8.99. The smallest absolute Gasteiger partial charge is 0.309 e. The van der Waals surface area contributed by atoms with Gasteiger partial charge in [-0.2, -0.15) is 0 Å². The van der Waals surface area contributed by atoms with Crippen molar-refractivity contribution in [3.05, 3.63) is 0 Å². The molecule has 0 aromatic carbocycles. The average Bonchev–Trinajstić information content (AvgIpc) is 2.28. The van der Waals surface area contributed by atoms with Gasteiger partial charge in [0.15, 0.2) is 0 Å². The highest BCUT2D eigenvalue weighted by atomic mass is 16.4. The Hall–Kier alpha value is -1.10. The zero-order chi connectivity index (χ0) is 11.4. The van der Waals surface area contributed by atoms with Crippen molar-refractivity contribution in [2.75, 3.05) is 33.2 Å². The zero-order valence-electron chi connectivity index (χ0n) is 9.27. The van der Waals surface area contributed by atoms with Crippen LogP contribution in [-0.2, 0) is 9.59 Å². The molecule has 1 saturated heterocycles. The summed E-state index contributed by atoms with van der Waals surface area (Å²) >= 11 is 0. The summed E-state index contributed by atoms with van der Waals surface area (Å²) < 4.78 is 0. The van der Waals surface area contributed by atoms with E-state index >= 15 is 0 Å². The van der Waals surface area contributed by atoms with Crippen molar-refractivity contribution >= 4 is 11.9 Å². The predicted molar refractivity (Wildman–Crippen MR) is 55.5 cm³/mol. The summed E-state index contributed by atoms with van der Waals surface area (Å²) in [7, 11) is 1.66. The van der Waals surface area contributed by atoms with E-state index in [1.807, 2.05) is 11.8 Å². The molecule has 1 fully saturated rings. The summed E-state index contributed by atoms with van der Waals surface area (Å²) in [6, 6.07) is 0. The summed E-state index contributed by atoms with van der Waals surface area (Å²) in [6.07, 6.45) is 0.934. The first-order chi connectivity index (χ1) is 7.04. The van der Waals surface area contributed by atoms with Crippen LogP contribution in [0.5, 0.6) is 0 Å². The Kier molecular flexibility index (Phi) is 4.08. The molecular weight excluding hydrogens is 196 g/mol. The van der Waals surface area contributed by atoms with E-state index in [2.05, 4.69) is 0 Å². The molecule has 1 unspecified atom stereocenters. The Morgan fingerprint density at radius 3 is 2.73 bits per heavy atom. The number of rotatable bonds is 3. The van der Waals surface area contributed by atoms with Crippen molar-refractivity contribution in [3.8, 4) is 0 Å². The first-order valence-electron chi connectivity index (χ1n) is 5.23. The molecule has 1 heterocycles. The molecule has 1 aliphatic heterocycles. The molecule has 1 atom stereocenters. The van der Waals surface area contributed by atoms with Crippen LogP contribution in [0.3, 0.4) is 0 Å². The van der Waals surface area contributed by atoms with Crippen molar-refractivity contribution in [2.45, 2.75) is 13.3 Å². The maximum Gasteiger partial charge on any atom is 0.309 e. The minimum absolute atomic E-state index is 0.00667. The number of carbonyl (C=O) groups excluding carboxylic acids is 1.